The second-order valence-corrected chi connectivity index (χ2v) is 3.76. The maximum Gasteiger partial charge on any atom is 0.310 e. The molecule has 1 aliphatic rings. The molecule has 14 heavy (non-hydrogen) atoms. The minimum absolute atomic E-state index is 0. The van der Waals surface area contributed by atoms with Crippen molar-refractivity contribution in [2.45, 2.75) is 32.1 Å². The van der Waals surface area contributed by atoms with E-state index in [0.717, 1.165) is 12.8 Å². The van der Waals surface area contributed by atoms with Gasteiger partial charge in [-0.25, -0.2) is 0 Å². The van der Waals surface area contributed by atoms with E-state index >= 15 is 0 Å². The van der Waals surface area contributed by atoms with Gasteiger partial charge in [0.1, 0.15) is 0 Å². The molecule has 0 radical (unpaired) electrons. The largest absolute Gasteiger partial charge is 0.469 e. The van der Waals surface area contributed by atoms with E-state index in [1.807, 2.05) is 0 Å². The summed E-state index contributed by atoms with van der Waals surface area (Å²) in [5.74, 6) is 0.269. The van der Waals surface area contributed by atoms with E-state index < -0.39 is 0 Å². The summed E-state index contributed by atoms with van der Waals surface area (Å²) in [7, 11) is 1.44. The first-order valence-corrected chi connectivity index (χ1v) is 5.07. The first-order valence-electron chi connectivity index (χ1n) is 5.07. The van der Waals surface area contributed by atoms with Gasteiger partial charge in [0.25, 0.3) is 0 Å². The Morgan fingerprint density at radius 2 is 2.00 bits per heavy atom. The fourth-order valence-electron chi connectivity index (χ4n) is 2.17. The molecule has 0 bridgehead atoms. The van der Waals surface area contributed by atoms with Crippen molar-refractivity contribution in [3.05, 3.63) is 0 Å². The third kappa shape index (κ3) is 3.46. The van der Waals surface area contributed by atoms with Crippen molar-refractivity contribution < 1.29 is 9.53 Å². The normalized spacial score (nSPS) is 19.6. The molecule has 1 unspecified atom stereocenters. The lowest BCUT2D eigenvalue weighted by Crippen LogP contribution is -2.33. The van der Waals surface area contributed by atoms with E-state index in [1.165, 1.54) is 26.4 Å². The maximum atomic E-state index is 11.3. The highest BCUT2D eigenvalue weighted by Gasteiger charge is 2.28. The van der Waals surface area contributed by atoms with Gasteiger partial charge in [-0.3, -0.25) is 4.79 Å². The third-order valence-corrected chi connectivity index (χ3v) is 2.98. The number of carbonyl (C=O) groups excluding carboxylic acids is 1. The molecule has 1 atom stereocenters. The number of carbonyl (C=O) groups is 1. The van der Waals surface area contributed by atoms with Crippen molar-refractivity contribution in [1.82, 2.24) is 0 Å². The molecule has 1 saturated carbocycles. The number of hydrogen-bond acceptors (Lipinski definition) is 3. The number of halogens is 1. The molecule has 0 amide bonds. The molecular weight excluding hydrogens is 202 g/mol. The molecule has 0 heterocycles. The summed E-state index contributed by atoms with van der Waals surface area (Å²) in [4.78, 5) is 11.3. The molecule has 0 spiro atoms. The lowest BCUT2D eigenvalue weighted by molar-refractivity contribution is -0.147. The van der Waals surface area contributed by atoms with Crippen LogP contribution in [0.5, 0.6) is 0 Å². The van der Waals surface area contributed by atoms with Crippen LogP contribution in [0.25, 0.3) is 0 Å². The molecule has 1 fully saturated rings. The maximum absolute atomic E-state index is 11.3. The van der Waals surface area contributed by atoms with Gasteiger partial charge in [0.2, 0.25) is 0 Å². The van der Waals surface area contributed by atoms with E-state index in [9.17, 15) is 4.79 Å². The van der Waals surface area contributed by atoms with Gasteiger partial charge in [0.05, 0.1) is 13.0 Å². The van der Waals surface area contributed by atoms with E-state index in [2.05, 4.69) is 0 Å². The Labute approximate surface area is 91.8 Å². The van der Waals surface area contributed by atoms with Crippen LogP contribution < -0.4 is 5.73 Å². The Balaban J connectivity index is 0.00000169. The Bertz CT molecular complexity index is 170. The predicted octanol–water partition coefficient (Wildman–Crippen LogP) is 1.74. The standard InChI is InChI=1S/C10H19NO2.ClH/c1-13-10(12)9(7-11)8-5-3-2-4-6-8;/h8-9H,2-7,11H2,1H3;1H. The van der Waals surface area contributed by atoms with Crippen molar-refractivity contribution in [3.63, 3.8) is 0 Å². The number of methoxy groups -OCH3 is 1. The zero-order chi connectivity index (χ0) is 9.68. The fourth-order valence-corrected chi connectivity index (χ4v) is 2.17. The van der Waals surface area contributed by atoms with Crippen molar-refractivity contribution >= 4 is 18.4 Å². The van der Waals surface area contributed by atoms with Crippen molar-refractivity contribution in [1.29, 1.82) is 0 Å². The molecule has 84 valence electrons. The first kappa shape index (κ1) is 13.7. The highest BCUT2D eigenvalue weighted by atomic mass is 35.5. The number of nitrogens with two attached hydrogens (primary N) is 1. The highest BCUT2D eigenvalue weighted by Crippen LogP contribution is 2.30. The second kappa shape index (κ2) is 7.07. The van der Waals surface area contributed by atoms with Crippen molar-refractivity contribution in [2.75, 3.05) is 13.7 Å². The van der Waals surface area contributed by atoms with Crippen LogP contribution in [-0.2, 0) is 9.53 Å². The van der Waals surface area contributed by atoms with Crippen LogP contribution in [-0.4, -0.2) is 19.6 Å². The molecule has 0 aromatic carbocycles. The molecular formula is C10H20ClNO2. The highest BCUT2D eigenvalue weighted by molar-refractivity contribution is 5.85. The lowest BCUT2D eigenvalue weighted by Gasteiger charge is -2.27. The zero-order valence-electron chi connectivity index (χ0n) is 8.70. The van der Waals surface area contributed by atoms with Gasteiger partial charge in [-0.15, -0.1) is 12.4 Å². The average molecular weight is 222 g/mol. The monoisotopic (exact) mass is 221 g/mol. The second-order valence-electron chi connectivity index (χ2n) is 3.76. The van der Waals surface area contributed by atoms with Gasteiger partial charge in [-0.05, 0) is 18.8 Å². The van der Waals surface area contributed by atoms with Gasteiger partial charge in [0, 0.05) is 6.54 Å². The number of ether oxygens (including phenoxy) is 1. The van der Waals surface area contributed by atoms with Gasteiger partial charge >= 0.3 is 5.97 Å². The summed E-state index contributed by atoms with van der Waals surface area (Å²) >= 11 is 0. The fraction of sp³-hybridized carbons (Fsp3) is 0.900. The van der Waals surface area contributed by atoms with E-state index in [0.29, 0.717) is 12.5 Å². The van der Waals surface area contributed by atoms with Gasteiger partial charge in [-0.1, -0.05) is 19.3 Å². The SMILES string of the molecule is COC(=O)C(CN)C1CCCCC1.Cl. The van der Waals surface area contributed by atoms with Crippen molar-refractivity contribution in [3.8, 4) is 0 Å². The summed E-state index contributed by atoms with van der Waals surface area (Å²) in [5, 5.41) is 0. The Hall–Kier alpha value is -0.280. The summed E-state index contributed by atoms with van der Waals surface area (Å²) in [6.07, 6.45) is 6.04. The van der Waals surface area contributed by atoms with E-state index in [4.69, 9.17) is 10.5 Å². The van der Waals surface area contributed by atoms with Crippen LogP contribution in [0.15, 0.2) is 0 Å². The summed E-state index contributed by atoms with van der Waals surface area (Å²) in [6, 6.07) is 0. The molecule has 3 nitrogen and oxygen atoms in total. The molecule has 0 saturated heterocycles. The Morgan fingerprint density at radius 1 is 1.43 bits per heavy atom. The van der Waals surface area contributed by atoms with Crippen LogP contribution >= 0.6 is 12.4 Å². The summed E-state index contributed by atoms with van der Waals surface area (Å²) in [6.45, 7) is 0.428. The van der Waals surface area contributed by atoms with Gasteiger partial charge in [0.15, 0.2) is 0 Å². The van der Waals surface area contributed by atoms with Crippen LogP contribution in [0.3, 0.4) is 0 Å². The minimum atomic E-state index is -0.130. The summed E-state index contributed by atoms with van der Waals surface area (Å²) in [5.41, 5.74) is 5.58. The van der Waals surface area contributed by atoms with Crippen LogP contribution in [0.2, 0.25) is 0 Å². The molecule has 0 aromatic rings. The van der Waals surface area contributed by atoms with Crippen molar-refractivity contribution in [2.24, 2.45) is 17.6 Å². The molecule has 0 aliphatic heterocycles. The smallest absolute Gasteiger partial charge is 0.310 e. The molecule has 1 aliphatic carbocycles. The van der Waals surface area contributed by atoms with Crippen LogP contribution in [0.4, 0.5) is 0 Å². The number of rotatable bonds is 3. The van der Waals surface area contributed by atoms with Gasteiger partial charge in [-0.2, -0.15) is 0 Å². The van der Waals surface area contributed by atoms with E-state index in [1.54, 1.807) is 0 Å². The van der Waals surface area contributed by atoms with Crippen LogP contribution in [0, 0.1) is 11.8 Å². The average Bonchev–Trinajstić information content (AvgIpc) is 2.20. The summed E-state index contributed by atoms with van der Waals surface area (Å²) < 4.78 is 4.74. The zero-order valence-corrected chi connectivity index (χ0v) is 9.52. The quantitative estimate of drug-likeness (QED) is 0.739. The number of hydrogen-bond donors (Lipinski definition) is 1. The molecule has 4 heteroatoms. The molecule has 1 rings (SSSR count). The minimum Gasteiger partial charge on any atom is -0.469 e. The molecule has 2 N–H and O–H groups in total. The Kier molecular flexibility index (Phi) is 6.93. The predicted molar refractivity (Wildman–Crippen MR) is 58.4 cm³/mol. The Morgan fingerprint density at radius 3 is 2.43 bits per heavy atom. The number of esters is 1. The van der Waals surface area contributed by atoms with E-state index in [-0.39, 0.29) is 24.3 Å². The first-order chi connectivity index (χ1) is 6.29. The lowest BCUT2D eigenvalue weighted by atomic mass is 9.80. The molecule has 0 aromatic heterocycles. The topological polar surface area (TPSA) is 52.3 Å². The third-order valence-electron chi connectivity index (χ3n) is 2.98. The van der Waals surface area contributed by atoms with Crippen LogP contribution in [0.1, 0.15) is 32.1 Å². The van der Waals surface area contributed by atoms with Gasteiger partial charge < -0.3 is 10.5 Å².